The molecule has 0 aromatic carbocycles. The average Bonchev–Trinajstić information content (AvgIpc) is 2.67. The molecule has 1 aliphatic rings. The van der Waals surface area contributed by atoms with E-state index in [1.165, 1.54) is 0 Å². The third-order valence-corrected chi connectivity index (χ3v) is 3.19. The van der Waals surface area contributed by atoms with Crippen molar-refractivity contribution in [2.45, 2.75) is 39.3 Å². The lowest BCUT2D eigenvalue weighted by Gasteiger charge is -2.24. The van der Waals surface area contributed by atoms with E-state index < -0.39 is 0 Å². The Labute approximate surface area is 111 Å². The molecule has 0 radical (unpaired) electrons. The van der Waals surface area contributed by atoms with Gasteiger partial charge < -0.3 is 11.1 Å². The van der Waals surface area contributed by atoms with E-state index >= 15 is 0 Å². The van der Waals surface area contributed by atoms with Crippen molar-refractivity contribution in [3.8, 4) is 0 Å². The van der Waals surface area contributed by atoms with Gasteiger partial charge in [0, 0.05) is 24.2 Å². The smallest absolute Gasteiger partial charge is 0.222 e. The molecule has 1 atom stereocenters. The topological polar surface area (TPSA) is 94.5 Å². The van der Waals surface area contributed by atoms with Gasteiger partial charge in [-0.3, -0.25) is 0 Å². The molecule has 0 amide bonds. The molecule has 0 fully saturated rings. The molecule has 0 saturated carbocycles. The summed E-state index contributed by atoms with van der Waals surface area (Å²) in [6, 6.07) is 2.20. The second kappa shape index (κ2) is 4.49. The fraction of sp³-hybridized carbons (Fsp3) is 0.500. The van der Waals surface area contributed by atoms with Gasteiger partial charge in [-0.1, -0.05) is 0 Å². The maximum atomic E-state index is 5.65. The summed E-state index contributed by atoms with van der Waals surface area (Å²) in [5, 5.41) is 7.78. The summed E-state index contributed by atoms with van der Waals surface area (Å²) in [6.45, 7) is 4.63. The Hall–Kier alpha value is -2.18. The van der Waals surface area contributed by atoms with Gasteiger partial charge in [-0.2, -0.15) is 10.1 Å². The van der Waals surface area contributed by atoms with Crippen LogP contribution in [0.4, 0.5) is 11.8 Å². The second-order valence-corrected chi connectivity index (χ2v) is 4.89. The van der Waals surface area contributed by atoms with Crippen LogP contribution in [0.3, 0.4) is 0 Å². The van der Waals surface area contributed by atoms with Crippen molar-refractivity contribution in [3.63, 3.8) is 0 Å². The number of hydrogen-bond donors (Lipinski definition) is 2. The van der Waals surface area contributed by atoms with E-state index in [1.807, 2.05) is 24.6 Å². The number of rotatable bonds is 2. The van der Waals surface area contributed by atoms with E-state index in [0.29, 0.717) is 12.0 Å². The first-order chi connectivity index (χ1) is 9.10. The number of fused-ring (bicyclic) bond motifs is 1. The molecule has 1 unspecified atom stereocenters. The van der Waals surface area contributed by atoms with Crippen LogP contribution in [0.25, 0.3) is 0 Å². The molecule has 2 aromatic rings. The number of nitrogens with one attached hydrogen (secondary N) is 1. The molecule has 0 spiro atoms. The molecule has 19 heavy (non-hydrogen) atoms. The second-order valence-electron chi connectivity index (χ2n) is 4.89. The lowest BCUT2D eigenvalue weighted by atomic mass is 10.1. The van der Waals surface area contributed by atoms with Crippen molar-refractivity contribution in [2.24, 2.45) is 0 Å². The molecule has 7 heteroatoms. The summed E-state index contributed by atoms with van der Waals surface area (Å²) in [6.07, 6.45) is 1.94. The first kappa shape index (κ1) is 11.9. The van der Waals surface area contributed by atoms with Crippen LogP contribution in [0.15, 0.2) is 6.07 Å². The molecule has 3 heterocycles. The van der Waals surface area contributed by atoms with Crippen molar-refractivity contribution < 1.29 is 0 Å². The summed E-state index contributed by atoms with van der Waals surface area (Å²) in [7, 11) is 0. The van der Waals surface area contributed by atoms with E-state index in [1.54, 1.807) is 0 Å². The van der Waals surface area contributed by atoms with Gasteiger partial charge in [0.15, 0.2) is 0 Å². The minimum absolute atomic E-state index is 0.294. The maximum absolute atomic E-state index is 5.65. The molecule has 0 bridgehead atoms. The highest BCUT2D eigenvalue weighted by Crippen LogP contribution is 2.17. The zero-order chi connectivity index (χ0) is 13.4. The monoisotopic (exact) mass is 259 g/mol. The number of nitrogens with two attached hydrogens (primary N) is 1. The maximum Gasteiger partial charge on any atom is 0.222 e. The quantitative estimate of drug-likeness (QED) is 0.824. The predicted molar refractivity (Wildman–Crippen MR) is 71.7 cm³/mol. The standard InChI is InChI=1S/C12H17N7/c1-7-5-10(17-12(13)14-7)16-9-3-4-11-15-8(2)18-19(11)6-9/h5,9H,3-4,6H2,1-2H3,(H3,13,14,16,17). The first-order valence-electron chi connectivity index (χ1n) is 6.38. The zero-order valence-electron chi connectivity index (χ0n) is 11.1. The Morgan fingerprint density at radius 1 is 1.32 bits per heavy atom. The molecule has 1 aliphatic heterocycles. The van der Waals surface area contributed by atoms with Crippen LogP contribution < -0.4 is 11.1 Å². The van der Waals surface area contributed by atoms with E-state index in [2.05, 4.69) is 25.4 Å². The predicted octanol–water partition coefficient (Wildman–Crippen LogP) is 0.694. The molecule has 3 N–H and O–H groups in total. The minimum Gasteiger partial charge on any atom is -0.368 e. The van der Waals surface area contributed by atoms with Crippen LogP contribution in [-0.4, -0.2) is 30.8 Å². The minimum atomic E-state index is 0.294. The van der Waals surface area contributed by atoms with Gasteiger partial charge in [0.25, 0.3) is 0 Å². The summed E-state index contributed by atoms with van der Waals surface area (Å²) in [5.41, 5.74) is 6.52. The summed E-state index contributed by atoms with van der Waals surface area (Å²) >= 11 is 0. The molecule has 0 aliphatic carbocycles. The summed E-state index contributed by atoms with van der Waals surface area (Å²) in [4.78, 5) is 12.7. The Balaban J connectivity index is 1.75. The van der Waals surface area contributed by atoms with E-state index in [9.17, 15) is 0 Å². The molecular weight excluding hydrogens is 242 g/mol. The average molecular weight is 259 g/mol. The third-order valence-electron chi connectivity index (χ3n) is 3.19. The lowest BCUT2D eigenvalue weighted by molar-refractivity contribution is 0.440. The molecule has 0 saturated heterocycles. The Morgan fingerprint density at radius 2 is 2.16 bits per heavy atom. The van der Waals surface area contributed by atoms with Crippen LogP contribution in [0.1, 0.15) is 23.8 Å². The van der Waals surface area contributed by atoms with Crippen molar-refractivity contribution in [2.75, 3.05) is 11.1 Å². The fourth-order valence-electron chi connectivity index (χ4n) is 2.43. The highest BCUT2D eigenvalue weighted by molar-refractivity contribution is 5.41. The normalized spacial score (nSPS) is 18.1. The molecule has 7 nitrogen and oxygen atoms in total. The van der Waals surface area contributed by atoms with Gasteiger partial charge in [0.05, 0.1) is 6.54 Å². The van der Waals surface area contributed by atoms with Crippen molar-refractivity contribution >= 4 is 11.8 Å². The largest absolute Gasteiger partial charge is 0.368 e. The fourth-order valence-corrected chi connectivity index (χ4v) is 2.43. The van der Waals surface area contributed by atoms with E-state index in [4.69, 9.17) is 5.73 Å². The van der Waals surface area contributed by atoms with Crippen LogP contribution in [0.5, 0.6) is 0 Å². The van der Waals surface area contributed by atoms with Gasteiger partial charge in [0.1, 0.15) is 17.5 Å². The molecule has 2 aromatic heterocycles. The van der Waals surface area contributed by atoms with Crippen LogP contribution >= 0.6 is 0 Å². The number of aryl methyl sites for hydroxylation is 3. The highest BCUT2D eigenvalue weighted by Gasteiger charge is 2.21. The summed E-state index contributed by atoms with van der Waals surface area (Å²) < 4.78 is 1.97. The Morgan fingerprint density at radius 3 is 2.95 bits per heavy atom. The molecule has 3 rings (SSSR count). The van der Waals surface area contributed by atoms with Gasteiger partial charge in [-0.05, 0) is 20.3 Å². The van der Waals surface area contributed by atoms with Gasteiger partial charge in [0.2, 0.25) is 5.95 Å². The number of hydrogen-bond acceptors (Lipinski definition) is 6. The van der Waals surface area contributed by atoms with E-state index in [-0.39, 0.29) is 0 Å². The van der Waals surface area contributed by atoms with Crippen LogP contribution in [0, 0.1) is 13.8 Å². The zero-order valence-corrected chi connectivity index (χ0v) is 11.1. The number of nitrogens with zero attached hydrogens (tertiary/aromatic N) is 5. The van der Waals surface area contributed by atoms with Crippen molar-refractivity contribution in [1.82, 2.24) is 24.7 Å². The van der Waals surface area contributed by atoms with E-state index in [0.717, 1.165) is 42.5 Å². The number of aromatic nitrogens is 5. The first-order valence-corrected chi connectivity index (χ1v) is 6.38. The molecular formula is C12H17N7. The SMILES string of the molecule is Cc1cc(NC2CCc3nc(C)nn3C2)nc(N)n1. The Bertz CT molecular complexity index is 584. The molecule has 100 valence electrons. The van der Waals surface area contributed by atoms with Gasteiger partial charge >= 0.3 is 0 Å². The highest BCUT2D eigenvalue weighted by atomic mass is 15.4. The number of anilines is 2. The van der Waals surface area contributed by atoms with Crippen LogP contribution in [-0.2, 0) is 13.0 Å². The van der Waals surface area contributed by atoms with Crippen LogP contribution in [0.2, 0.25) is 0 Å². The van der Waals surface area contributed by atoms with Crippen molar-refractivity contribution in [1.29, 1.82) is 0 Å². The van der Waals surface area contributed by atoms with Crippen molar-refractivity contribution in [3.05, 3.63) is 23.4 Å². The lowest BCUT2D eigenvalue weighted by Crippen LogP contribution is -2.32. The summed E-state index contributed by atoms with van der Waals surface area (Å²) in [5.74, 6) is 2.97. The Kier molecular flexibility index (Phi) is 2.81. The number of nitrogen functional groups attached to an aromatic ring is 1. The van der Waals surface area contributed by atoms with Gasteiger partial charge in [-0.15, -0.1) is 0 Å². The third kappa shape index (κ3) is 2.49. The van der Waals surface area contributed by atoms with Gasteiger partial charge in [-0.25, -0.2) is 14.6 Å².